The number of nitrogens with one attached hydrogen (secondary N) is 2. The van der Waals surface area contributed by atoms with Crippen molar-refractivity contribution in [1.29, 1.82) is 5.26 Å². The Morgan fingerprint density at radius 2 is 1.92 bits per heavy atom. The molecule has 37 heavy (non-hydrogen) atoms. The molecule has 2 N–H and O–H groups in total. The third-order valence-corrected chi connectivity index (χ3v) is 6.75. The van der Waals surface area contributed by atoms with Gasteiger partial charge in [0.05, 0.1) is 23.7 Å². The predicted octanol–water partition coefficient (Wildman–Crippen LogP) is 3.54. The van der Waals surface area contributed by atoms with Crippen LogP contribution in [0.4, 0.5) is 20.4 Å². The van der Waals surface area contributed by atoms with Crippen molar-refractivity contribution in [1.82, 2.24) is 24.8 Å². The van der Waals surface area contributed by atoms with E-state index in [1.54, 1.807) is 36.5 Å². The Labute approximate surface area is 212 Å². The number of hydrogen-bond acceptors (Lipinski definition) is 6. The number of rotatable bonds is 8. The quantitative estimate of drug-likeness (QED) is 0.484. The van der Waals surface area contributed by atoms with Gasteiger partial charge >= 0.3 is 0 Å². The third kappa shape index (κ3) is 4.74. The molecule has 0 bridgehead atoms. The first-order valence-electron chi connectivity index (χ1n) is 12.0. The van der Waals surface area contributed by atoms with Gasteiger partial charge in [0.15, 0.2) is 0 Å². The average Bonchev–Trinajstić information content (AvgIpc) is 3.25. The van der Waals surface area contributed by atoms with E-state index in [0.29, 0.717) is 23.8 Å². The summed E-state index contributed by atoms with van der Waals surface area (Å²) >= 11 is 0. The zero-order valence-electron chi connectivity index (χ0n) is 20.1. The van der Waals surface area contributed by atoms with Gasteiger partial charge in [-0.1, -0.05) is 0 Å². The van der Waals surface area contributed by atoms with Gasteiger partial charge in [-0.3, -0.25) is 9.59 Å². The lowest BCUT2D eigenvalue weighted by Gasteiger charge is -2.50. The number of nitrogens with zero attached hydrogens (tertiary/aromatic N) is 5. The minimum atomic E-state index is -2.91. The van der Waals surface area contributed by atoms with Gasteiger partial charge in [-0.15, -0.1) is 0 Å². The van der Waals surface area contributed by atoms with Crippen LogP contribution in [0.5, 0.6) is 0 Å². The van der Waals surface area contributed by atoms with Gasteiger partial charge in [0.1, 0.15) is 5.92 Å². The highest BCUT2D eigenvalue weighted by molar-refractivity contribution is 5.94. The van der Waals surface area contributed by atoms with E-state index in [2.05, 4.69) is 26.7 Å². The highest BCUT2D eigenvalue weighted by Crippen LogP contribution is 2.51. The van der Waals surface area contributed by atoms with Gasteiger partial charge < -0.3 is 20.1 Å². The molecule has 3 heterocycles. The van der Waals surface area contributed by atoms with Crippen LogP contribution in [0.15, 0.2) is 55.0 Å². The third-order valence-electron chi connectivity index (χ3n) is 6.75. The summed E-state index contributed by atoms with van der Waals surface area (Å²) in [4.78, 5) is 34.5. The van der Waals surface area contributed by atoms with Crippen LogP contribution < -0.4 is 10.6 Å². The summed E-state index contributed by atoms with van der Waals surface area (Å²) in [5.74, 6) is -4.46. The summed E-state index contributed by atoms with van der Waals surface area (Å²) in [6.07, 6.45) is 5.03. The molecule has 1 atom stereocenters. The summed E-state index contributed by atoms with van der Waals surface area (Å²) in [7, 11) is 0. The number of halogens is 2. The summed E-state index contributed by atoms with van der Waals surface area (Å²) in [6, 6.07) is 12.7. The number of likely N-dealkylation sites (tertiary alicyclic amines) is 1. The van der Waals surface area contributed by atoms with Crippen molar-refractivity contribution in [3.8, 4) is 17.3 Å². The zero-order chi connectivity index (χ0) is 26.2. The lowest BCUT2D eigenvalue weighted by Crippen LogP contribution is -2.64. The Balaban J connectivity index is 1.28. The molecule has 1 aliphatic heterocycles. The summed E-state index contributed by atoms with van der Waals surface area (Å²) in [6.45, 7) is 2.83. The van der Waals surface area contributed by atoms with Crippen molar-refractivity contribution in [2.45, 2.75) is 31.2 Å². The van der Waals surface area contributed by atoms with E-state index in [1.165, 1.54) is 4.90 Å². The van der Waals surface area contributed by atoms with Crippen molar-refractivity contribution < 1.29 is 18.4 Å². The van der Waals surface area contributed by atoms with E-state index in [-0.39, 0.29) is 25.4 Å². The standard InChI is InChI=1S/C26H25F2N7O2/c1-2-30-22(36)17-3-5-19(6-4-17)32-24-31-11-7-21(33-24)18-8-12-35(14-18)25(9-10-29)15-34(16-25)23(37)20-13-26(20,27)28/h3-8,11-12,14,20H,2,9,13,15-16H2,1H3,(H,30,36)(H,31,32,33). The molecule has 11 heteroatoms. The molecule has 2 fully saturated rings. The smallest absolute Gasteiger partial charge is 0.260 e. The topological polar surface area (TPSA) is 116 Å². The Bertz CT molecular complexity index is 1370. The number of anilines is 2. The molecule has 1 unspecified atom stereocenters. The van der Waals surface area contributed by atoms with E-state index in [9.17, 15) is 23.6 Å². The Hall–Kier alpha value is -4.33. The van der Waals surface area contributed by atoms with Crippen LogP contribution >= 0.6 is 0 Å². The number of benzene rings is 1. The normalized spacial score (nSPS) is 18.9. The lowest BCUT2D eigenvalue weighted by atomic mass is 9.86. The van der Waals surface area contributed by atoms with Crippen molar-refractivity contribution in [3.05, 3.63) is 60.6 Å². The second kappa shape index (κ2) is 9.28. The van der Waals surface area contributed by atoms with Gasteiger partial charge in [0.25, 0.3) is 11.8 Å². The first kappa shape index (κ1) is 24.4. The first-order chi connectivity index (χ1) is 17.7. The summed E-state index contributed by atoms with van der Waals surface area (Å²) in [5.41, 5.74) is 2.04. The molecule has 0 radical (unpaired) electrons. The second-order valence-corrected chi connectivity index (χ2v) is 9.41. The van der Waals surface area contributed by atoms with Gasteiger partial charge in [0.2, 0.25) is 11.9 Å². The van der Waals surface area contributed by atoms with E-state index >= 15 is 0 Å². The molecule has 9 nitrogen and oxygen atoms in total. The van der Waals surface area contributed by atoms with E-state index in [0.717, 1.165) is 11.3 Å². The number of alkyl halides is 2. The number of amides is 2. The largest absolute Gasteiger partial charge is 0.352 e. The van der Waals surface area contributed by atoms with Crippen LogP contribution in [0.1, 0.15) is 30.1 Å². The molecular formula is C26H25F2N7O2. The van der Waals surface area contributed by atoms with Crippen molar-refractivity contribution >= 4 is 23.5 Å². The first-order valence-corrected chi connectivity index (χ1v) is 12.0. The molecular weight excluding hydrogens is 480 g/mol. The van der Waals surface area contributed by atoms with E-state index in [1.807, 2.05) is 30.0 Å². The van der Waals surface area contributed by atoms with E-state index < -0.39 is 29.7 Å². The SMILES string of the molecule is CCNC(=O)c1ccc(Nc2nccc(-c3ccn(C4(CC#N)CN(C(=O)C5CC5(F)F)C4)c3)n2)cc1. The van der Waals surface area contributed by atoms with Gasteiger partial charge in [-0.05, 0) is 43.3 Å². The molecule has 1 saturated heterocycles. The highest BCUT2D eigenvalue weighted by atomic mass is 19.3. The van der Waals surface area contributed by atoms with Crippen LogP contribution in [-0.2, 0) is 10.3 Å². The average molecular weight is 506 g/mol. The van der Waals surface area contributed by atoms with Crippen molar-refractivity contribution in [2.75, 3.05) is 25.0 Å². The monoisotopic (exact) mass is 505 g/mol. The van der Waals surface area contributed by atoms with Crippen molar-refractivity contribution in [2.24, 2.45) is 5.92 Å². The molecule has 190 valence electrons. The zero-order valence-corrected chi connectivity index (χ0v) is 20.1. The van der Waals surface area contributed by atoms with Crippen LogP contribution in [-0.4, -0.2) is 56.8 Å². The number of aromatic nitrogens is 3. The van der Waals surface area contributed by atoms with Crippen LogP contribution in [0, 0.1) is 17.2 Å². The number of hydrogen-bond donors (Lipinski definition) is 2. The maximum atomic E-state index is 13.3. The molecule has 1 saturated carbocycles. The van der Waals surface area contributed by atoms with Gasteiger partial charge in [-0.25, -0.2) is 18.7 Å². The fourth-order valence-electron chi connectivity index (χ4n) is 4.55. The molecule has 2 aromatic heterocycles. The minimum Gasteiger partial charge on any atom is -0.352 e. The Morgan fingerprint density at radius 1 is 1.19 bits per heavy atom. The van der Waals surface area contributed by atoms with Gasteiger partial charge in [-0.2, -0.15) is 5.26 Å². The Morgan fingerprint density at radius 3 is 2.57 bits per heavy atom. The van der Waals surface area contributed by atoms with E-state index in [4.69, 9.17) is 0 Å². The molecule has 3 aromatic rings. The summed E-state index contributed by atoms with van der Waals surface area (Å²) < 4.78 is 28.5. The number of carbonyl (C=O) groups excluding carboxylic acids is 2. The second-order valence-electron chi connectivity index (χ2n) is 9.41. The van der Waals surface area contributed by atoms with Gasteiger partial charge in [0, 0.05) is 61.5 Å². The molecule has 5 rings (SSSR count). The predicted molar refractivity (Wildman–Crippen MR) is 131 cm³/mol. The molecule has 2 amide bonds. The Kier molecular flexibility index (Phi) is 6.11. The highest BCUT2D eigenvalue weighted by Gasteiger charge is 2.64. The molecule has 1 aromatic carbocycles. The maximum Gasteiger partial charge on any atom is 0.260 e. The van der Waals surface area contributed by atoms with Crippen LogP contribution in [0.3, 0.4) is 0 Å². The fraction of sp³-hybridized carbons (Fsp3) is 0.346. The number of carbonyl (C=O) groups is 2. The van der Waals surface area contributed by atoms with Crippen molar-refractivity contribution in [3.63, 3.8) is 0 Å². The fourth-order valence-corrected chi connectivity index (χ4v) is 4.55. The molecule has 0 spiro atoms. The molecule has 1 aliphatic carbocycles. The van der Waals surface area contributed by atoms with Crippen LogP contribution in [0.25, 0.3) is 11.3 Å². The number of nitriles is 1. The van der Waals surface area contributed by atoms with Crippen LogP contribution in [0.2, 0.25) is 0 Å². The maximum absolute atomic E-state index is 13.3. The summed E-state index contributed by atoms with van der Waals surface area (Å²) in [5, 5.41) is 15.3. The lowest BCUT2D eigenvalue weighted by molar-refractivity contribution is -0.145. The molecule has 2 aliphatic rings. The minimum absolute atomic E-state index is 0.143.